The van der Waals surface area contributed by atoms with Crippen molar-refractivity contribution in [3.8, 4) is 0 Å². The van der Waals surface area contributed by atoms with E-state index in [0.717, 1.165) is 31.8 Å². The number of nitrogens with two attached hydrogens (primary N) is 1. The fourth-order valence-corrected chi connectivity index (χ4v) is 3.45. The third-order valence-corrected chi connectivity index (χ3v) is 5.01. The minimum atomic E-state index is 0.123. The van der Waals surface area contributed by atoms with Crippen LogP contribution in [0.5, 0.6) is 0 Å². The highest BCUT2D eigenvalue weighted by Crippen LogP contribution is 2.39. The fraction of sp³-hybridized carbons (Fsp3) is 0.933. The fourth-order valence-electron chi connectivity index (χ4n) is 3.45. The van der Waals surface area contributed by atoms with Crippen LogP contribution in [0.15, 0.2) is 0 Å². The second-order valence-corrected chi connectivity index (χ2v) is 6.50. The van der Waals surface area contributed by atoms with E-state index in [9.17, 15) is 4.79 Å². The van der Waals surface area contributed by atoms with E-state index in [1.54, 1.807) is 0 Å². The second-order valence-electron chi connectivity index (χ2n) is 6.50. The van der Waals surface area contributed by atoms with Gasteiger partial charge in [0.15, 0.2) is 0 Å². The summed E-state index contributed by atoms with van der Waals surface area (Å²) in [5, 5.41) is 0. The van der Waals surface area contributed by atoms with Crippen molar-refractivity contribution >= 4 is 5.91 Å². The molecule has 0 unspecified atom stereocenters. The van der Waals surface area contributed by atoms with Gasteiger partial charge in [0.1, 0.15) is 0 Å². The predicted molar refractivity (Wildman–Crippen MR) is 74.2 cm³/mol. The van der Waals surface area contributed by atoms with E-state index in [4.69, 9.17) is 5.73 Å². The minimum absolute atomic E-state index is 0.123. The van der Waals surface area contributed by atoms with Gasteiger partial charge in [-0.15, -0.1) is 0 Å². The van der Waals surface area contributed by atoms with Crippen LogP contribution in [0.4, 0.5) is 0 Å². The van der Waals surface area contributed by atoms with Crippen molar-refractivity contribution in [2.45, 2.75) is 58.3 Å². The Morgan fingerprint density at radius 3 is 2.39 bits per heavy atom. The SMILES string of the molecule is CC1CCN(C(=O)CC2(CN)CCCCC2)CC1. The molecule has 1 saturated carbocycles. The highest BCUT2D eigenvalue weighted by Gasteiger charge is 2.34. The van der Waals surface area contributed by atoms with Gasteiger partial charge >= 0.3 is 0 Å². The van der Waals surface area contributed by atoms with E-state index in [0.29, 0.717) is 18.9 Å². The van der Waals surface area contributed by atoms with Gasteiger partial charge in [-0.05, 0) is 43.6 Å². The molecule has 3 nitrogen and oxygen atoms in total. The molecule has 2 aliphatic rings. The second kappa shape index (κ2) is 6.05. The topological polar surface area (TPSA) is 46.3 Å². The Balaban J connectivity index is 1.89. The summed E-state index contributed by atoms with van der Waals surface area (Å²) in [7, 11) is 0. The molecule has 0 aromatic heterocycles. The number of amides is 1. The molecule has 3 heteroatoms. The number of carbonyl (C=O) groups is 1. The molecule has 1 saturated heterocycles. The molecule has 1 aliphatic heterocycles. The molecule has 0 atom stereocenters. The predicted octanol–water partition coefficient (Wildman–Crippen LogP) is 2.54. The Hall–Kier alpha value is -0.570. The summed E-state index contributed by atoms with van der Waals surface area (Å²) in [4.78, 5) is 14.5. The van der Waals surface area contributed by atoms with E-state index >= 15 is 0 Å². The maximum Gasteiger partial charge on any atom is 0.223 e. The van der Waals surface area contributed by atoms with Crippen molar-refractivity contribution < 1.29 is 4.79 Å². The van der Waals surface area contributed by atoms with Gasteiger partial charge in [-0.2, -0.15) is 0 Å². The molecule has 0 spiro atoms. The third-order valence-electron chi connectivity index (χ3n) is 5.01. The van der Waals surface area contributed by atoms with Crippen LogP contribution in [0, 0.1) is 11.3 Å². The average Bonchev–Trinajstić information content (AvgIpc) is 2.40. The lowest BCUT2D eigenvalue weighted by molar-refractivity contribution is -0.135. The number of piperidine rings is 1. The first kappa shape index (κ1) is 13.9. The molecule has 2 N–H and O–H groups in total. The highest BCUT2D eigenvalue weighted by molar-refractivity contribution is 5.77. The van der Waals surface area contributed by atoms with Gasteiger partial charge in [0, 0.05) is 19.5 Å². The van der Waals surface area contributed by atoms with Crippen molar-refractivity contribution in [2.75, 3.05) is 19.6 Å². The lowest BCUT2D eigenvalue weighted by atomic mass is 9.71. The molecule has 2 fully saturated rings. The standard InChI is InChI=1S/C15H28N2O/c1-13-5-9-17(10-6-13)14(18)11-15(12-16)7-3-2-4-8-15/h13H,2-12,16H2,1H3. The van der Waals surface area contributed by atoms with E-state index in [1.807, 2.05) is 0 Å². The van der Waals surface area contributed by atoms with Gasteiger partial charge in [-0.3, -0.25) is 4.79 Å². The van der Waals surface area contributed by atoms with Gasteiger partial charge in [0.25, 0.3) is 0 Å². The summed E-state index contributed by atoms with van der Waals surface area (Å²) in [5.41, 5.74) is 6.09. The summed E-state index contributed by atoms with van der Waals surface area (Å²) >= 11 is 0. The van der Waals surface area contributed by atoms with Crippen LogP contribution in [0.1, 0.15) is 58.3 Å². The van der Waals surface area contributed by atoms with Crippen molar-refractivity contribution in [3.05, 3.63) is 0 Å². The van der Waals surface area contributed by atoms with Gasteiger partial charge in [0.2, 0.25) is 5.91 Å². The highest BCUT2D eigenvalue weighted by atomic mass is 16.2. The maximum atomic E-state index is 12.4. The van der Waals surface area contributed by atoms with Crippen molar-refractivity contribution in [1.82, 2.24) is 4.90 Å². The molecule has 0 bridgehead atoms. The van der Waals surface area contributed by atoms with Crippen molar-refractivity contribution in [3.63, 3.8) is 0 Å². The Morgan fingerprint density at radius 1 is 1.22 bits per heavy atom. The van der Waals surface area contributed by atoms with Gasteiger partial charge in [-0.25, -0.2) is 0 Å². The number of rotatable bonds is 3. The van der Waals surface area contributed by atoms with Crippen LogP contribution in [0.2, 0.25) is 0 Å². The Morgan fingerprint density at radius 2 is 1.83 bits per heavy atom. The smallest absolute Gasteiger partial charge is 0.223 e. The lowest BCUT2D eigenvalue weighted by Crippen LogP contribution is -2.43. The summed E-state index contributed by atoms with van der Waals surface area (Å²) in [5.74, 6) is 1.14. The van der Waals surface area contributed by atoms with E-state index < -0.39 is 0 Å². The first-order chi connectivity index (χ1) is 8.65. The number of hydrogen-bond acceptors (Lipinski definition) is 2. The zero-order chi connectivity index (χ0) is 13.0. The van der Waals surface area contributed by atoms with Gasteiger partial charge in [0.05, 0.1) is 0 Å². The number of carbonyl (C=O) groups excluding carboxylic acids is 1. The summed E-state index contributed by atoms with van der Waals surface area (Å²) in [6, 6.07) is 0. The largest absolute Gasteiger partial charge is 0.343 e. The Labute approximate surface area is 111 Å². The molecular weight excluding hydrogens is 224 g/mol. The van der Waals surface area contributed by atoms with Crippen LogP contribution in [0.3, 0.4) is 0 Å². The minimum Gasteiger partial charge on any atom is -0.343 e. The van der Waals surface area contributed by atoms with Gasteiger partial charge < -0.3 is 10.6 Å². The molecule has 18 heavy (non-hydrogen) atoms. The monoisotopic (exact) mass is 252 g/mol. The molecule has 1 amide bonds. The van der Waals surface area contributed by atoms with E-state index in [2.05, 4.69) is 11.8 Å². The molecule has 2 rings (SSSR count). The average molecular weight is 252 g/mol. The Bertz CT molecular complexity index is 276. The molecule has 1 aliphatic carbocycles. The lowest BCUT2D eigenvalue weighted by Gasteiger charge is -2.38. The summed E-state index contributed by atoms with van der Waals surface area (Å²) in [6.45, 7) is 4.88. The third kappa shape index (κ3) is 3.25. The van der Waals surface area contributed by atoms with Crippen LogP contribution in [-0.4, -0.2) is 30.4 Å². The molecule has 1 heterocycles. The number of nitrogens with zero attached hydrogens (tertiary/aromatic N) is 1. The number of likely N-dealkylation sites (tertiary alicyclic amines) is 1. The maximum absolute atomic E-state index is 12.4. The zero-order valence-electron chi connectivity index (χ0n) is 11.8. The van der Waals surface area contributed by atoms with Crippen molar-refractivity contribution in [2.24, 2.45) is 17.1 Å². The van der Waals surface area contributed by atoms with Crippen LogP contribution in [0.25, 0.3) is 0 Å². The first-order valence-electron chi connectivity index (χ1n) is 7.63. The molecule has 0 aromatic carbocycles. The molecule has 104 valence electrons. The molecule has 0 aromatic rings. The molecule has 0 radical (unpaired) electrons. The quantitative estimate of drug-likeness (QED) is 0.839. The van der Waals surface area contributed by atoms with Crippen molar-refractivity contribution in [1.29, 1.82) is 0 Å². The van der Waals surface area contributed by atoms with Crippen LogP contribution >= 0.6 is 0 Å². The van der Waals surface area contributed by atoms with E-state index in [1.165, 1.54) is 32.1 Å². The van der Waals surface area contributed by atoms with E-state index in [-0.39, 0.29) is 5.41 Å². The molecular formula is C15H28N2O. The summed E-state index contributed by atoms with van der Waals surface area (Å²) in [6.07, 6.45) is 9.15. The normalized spacial score (nSPS) is 25.1. The van der Waals surface area contributed by atoms with Gasteiger partial charge in [-0.1, -0.05) is 26.2 Å². The summed E-state index contributed by atoms with van der Waals surface area (Å²) < 4.78 is 0. The van der Waals surface area contributed by atoms with Crippen LogP contribution in [-0.2, 0) is 4.79 Å². The number of hydrogen-bond donors (Lipinski definition) is 1. The first-order valence-corrected chi connectivity index (χ1v) is 7.63. The van der Waals surface area contributed by atoms with Crippen LogP contribution < -0.4 is 5.73 Å². The Kier molecular flexibility index (Phi) is 4.66. The zero-order valence-corrected chi connectivity index (χ0v) is 11.8.